The Morgan fingerprint density at radius 1 is 1.11 bits per heavy atom. The quantitative estimate of drug-likeness (QED) is 0.545. The van der Waals surface area contributed by atoms with Gasteiger partial charge in [-0.15, -0.1) is 0 Å². The van der Waals surface area contributed by atoms with Gasteiger partial charge in [0.05, 0.1) is 16.6 Å². The van der Waals surface area contributed by atoms with Crippen LogP contribution in [0.25, 0.3) is 16.7 Å². The molecule has 0 amide bonds. The zero-order valence-electron chi connectivity index (χ0n) is 14.1. The molecule has 0 fully saturated rings. The van der Waals surface area contributed by atoms with Crippen LogP contribution in [0.5, 0.6) is 0 Å². The van der Waals surface area contributed by atoms with Crippen molar-refractivity contribution in [1.29, 1.82) is 5.26 Å². The molecule has 4 nitrogen and oxygen atoms in total. The molecule has 27 heavy (non-hydrogen) atoms. The van der Waals surface area contributed by atoms with Crippen molar-refractivity contribution in [3.05, 3.63) is 86.5 Å². The number of rotatable bonds is 2. The highest BCUT2D eigenvalue weighted by Gasteiger charge is 2.21. The number of aromatic nitrogens is 2. The third-order valence-electron chi connectivity index (χ3n) is 4.74. The molecule has 0 aliphatic rings. The fourth-order valence-corrected chi connectivity index (χ4v) is 3.33. The number of nitrogens with one attached hydrogen (secondary N) is 1. The van der Waals surface area contributed by atoms with Gasteiger partial charge in [-0.3, -0.25) is 9.20 Å². The van der Waals surface area contributed by atoms with Crippen molar-refractivity contribution < 1.29 is 13.2 Å². The van der Waals surface area contributed by atoms with Crippen LogP contribution in [0.4, 0.5) is 13.2 Å². The number of H-pyrrole nitrogens is 1. The van der Waals surface area contributed by atoms with E-state index in [1.807, 2.05) is 0 Å². The average Bonchev–Trinajstić information content (AvgIpc) is 3.04. The van der Waals surface area contributed by atoms with Crippen molar-refractivity contribution in [3.63, 3.8) is 0 Å². The molecule has 1 N–H and O–H groups in total. The molecule has 0 saturated carbocycles. The minimum absolute atomic E-state index is 0.152. The number of hydrogen-bond acceptors (Lipinski definition) is 2. The third kappa shape index (κ3) is 2.41. The Morgan fingerprint density at radius 3 is 2.59 bits per heavy atom. The topological polar surface area (TPSA) is 61.1 Å². The third-order valence-corrected chi connectivity index (χ3v) is 4.74. The van der Waals surface area contributed by atoms with Crippen molar-refractivity contribution in [3.8, 4) is 6.07 Å². The number of hydrogen-bond donors (Lipinski definition) is 1. The molecule has 7 heteroatoms. The predicted molar refractivity (Wildman–Crippen MR) is 94.1 cm³/mol. The molecular formula is C20H12F3N3O. The summed E-state index contributed by atoms with van der Waals surface area (Å²) in [6.07, 6.45) is -0.259. The number of fused-ring (bicyclic) bond motifs is 3. The van der Waals surface area contributed by atoms with E-state index in [2.05, 4.69) is 11.1 Å². The van der Waals surface area contributed by atoms with Crippen LogP contribution >= 0.6 is 0 Å². The maximum atomic E-state index is 14.1. The van der Waals surface area contributed by atoms with Gasteiger partial charge in [0.25, 0.3) is 5.56 Å². The lowest BCUT2D eigenvalue weighted by Crippen LogP contribution is -2.21. The average molecular weight is 367 g/mol. The fourth-order valence-electron chi connectivity index (χ4n) is 3.33. The number of aromatic amines is 1. The first-order valence-corrected chi connectivity index (χ1v) is 8.11. The van der Waals surface area contributed by atoms with E-state index in [1.54, 1.807) is 31.2 Å². The van der Waals surface area contributed by atoms with E-state index in [9.17, 15) is 23.2 Å². The molecule has 2 heterocycles. The largest absolute Gasteiger partial charge is 0.338 e. The lowest BCUT2D eigenvalue weighted by molar-refractivity contribution is 0.442. The second-order valence-electron chi connectivity index (χ2n) is 6.23. The van der Waals surface area contributed by atoms with Gasteiger partial charge < -0.3 is 4.98 Å². The number of halogens is 3. The molecule has 4 aromatic rings. The van der Waals surface area contributed by atoms with Crippen molar-refractivity contribution >= 4 is 16.7 Å². The number of benzene rings is 2. The Bertz CT molecular complexity index is 1330. The Hall–Kier alpha value is -3.53. The molecule has 0 atom stereocenters. The molecule has 0 aliphatic heterocycles. The molecule has 0 spiro atoms. The van der Waals surface area contributed by atoms with E-state index >= 15 is 0 Å². The standard InChI is InChI=1S/C20H12F3N3O/c1-10-12(8-11-6-7-14(21)18(23)17(11)22)20(27)26-16-5-3-2-4-15(16)25-19(26)13(10)9-24/h2-7,25H,8H2,1H3. The summed E-state index contributed by atoms with van der Waals surface area (Å²) in [7, 11) is 0. The summed E-state index contributed by atoms with van der Waals surface area (Å²) < 4.78 is 42.2. The minimum atomic E-state index is -1.58. The van der Waals surface area contributed by atoms with Gasteiger partial charge in [-0.05, 0) is 36.2 Å². The first kappa shape index (κ1) is 16.9. The highest BCUT2D eigenvalue weighted by molar-refractivity contribution is 5.83. The van der Waals surface area contributed by atoms with Crippen LogP contribution < -0.4 is 5.56 Å². The predicted octanol–water partition coefficient (Wildman–Crippen LogP) is 3.97. The van der Waals surface area contributed by atoms with Crippen LogP contribution in [-0.4, -0.2) is 9.38 Å². The summed E-state index contributed by atoms with van der Waals surface area (Å²) in [5.41, 5.74) is 1.75. The molecule has 0 saturated heterocycles. The number of nitriles is 1. The lowest BCUT2D eigenvalue weighted by Gasteiger charge is -2.10. The number of para-hydroxylation sites is 2. The number of imidazole rings is 1. The van der Waals surface area contributed by atoms with Crippen LogP contribution in [0, 0.1) is 35.7 Å². The van der Waals surface area contributed by atoms with Crippen molar-refractivity contribution in [2.24, 2.45) is 0 Å². The molecule has 0 radical (unpaired) electrons. The monoisotopic (exact) mass is 367 g/mol. The fraction of sp³-hybridized carbons (Fsp3) is 0.100. The van der Waals surface area contributed by atoms with E-state index in [4.69, 9.17) is 0 Å². The maximum Gasteiger partial charge on any atom is 0.260 e. The smallest absolute Gasteiger partial charge is 0.260 e. The summed E-state index contributed by atoms with van der Waals surface area (Å²) in [5, 5.41) is 9.59. The van der Waals surface area contributed by atoms with Crippen LogP contribution in [0.3, 0.4) is 0 Å². The second-order valence-corrected chi connectivity index (χ2v) is 6.23. The molecule has 2 aromatic carbocycles. The van der Waals surface area contributed by atoms with Gasteiger partial charge in [0.1, 0.15) is 11.7 Å². The van der Waals surface area contributed by atoms with Gasteiger partial charge in [0, 0.05) is 12.0 Å². The first-order chi connectivity index (χ1) is 12.9. The van der Waals surface area contributed by atoms with Crippen molar-refractivity contribution in [2.75, 3.05) is 0 Å². The van der Waals surface area contributed by atoms with Crippen LogP contribution in [0.1, 0.15) is 22.3 Å². The number of pyridine rings is 1. The van der Waals surface area contributed by atoms with Crippen LogP contribution in [0.15, 0.2) is 41.2 Å². The second kappa shape index (κ2) is 6.02. The van der Waals surface area contributed by atoms with E-state index in [-0.39, 0.29) is 23.1 Å². The Balaban J connectivity index is 2.04. The van der Waals surface area contributed by atoms with Crippen LogP contribution in [0.2, 0.25) is 0 Å². The van der Waals surface area contributed by atoms with E-state index in [0.29, 0.717) is 22.2 Å². The molecule has 0 aliphatic carbocycles. The summed E-state index contributed by atoms with van der Waals surface area (Å²) in [5.74, 6) is -4.22. The number of nitrogens with zero attached hydrogens (tertiary/aromatic N) is 2. The molecule has 2 aromatic heterocycles. The van der Waals surface area contributed by atoms with Gasteiger partial charge in [-0.25, -0.2) is 13.2 Å². The van der Waals surface area contributed by atoms with Gasteiger partial charge in [0.2, 0.25) is 0 Å². The zero-order valence-corrected chi connectivity index (χ0v) is 14.1. The maximum absolute atomic E-state index is 14.1. The van der Waals surface area contributed by atoms with Gasteiger partial charge in [-0.1, -0.05) is 18.2 Å². The molecule has 4 rings (SSSR count). The Kier molecular flexibility index (Phi) is 3.77. The van der Waals surface area contributed by atoms with Crippen LogP contribution in [-0.2, 0) is 6.42 Å². The molecule has 0 bridgehead atoms. The highest BCUT2D eigenvalue weighted by atomic mass is 19.2. The van der Waals surface area contributed by atoms with E-state index in [1.165, 1.54) is 4.40 Å². The molecule has 134 valence electrons. The van der Waals surface area contributed by atoms with Crippen molar-refractivity contribution in [2.45, 2.75) is 13.3 Å². The van der Waals surface area contributed by atoms with E-state index in [0.717, 1.165) is 12.1 Å². The van der Waals surface area contributed by atoms with Gasteiger partial charge >= 0.3 is 0 Å². The summed E-state index contributed by atoms with van der Waals surface area (Å²) in [6.45, 7) is 1.58. The van der Waals surface area contributed by atoms with Crippen molar-refractivity contribution in [1.82, 2.24) is 9.38 Å². The molecular weight excluding hydrogens is 355 g/mol. The normalized spacial score (nSPS) is 11.2. The summed E-state index contributed by atoms with van der Waals surface area (Å²) in [6, 6.07) is 11.0. The minimum Gasteiger partial charge on any atom is -0.338 e. The van der Waals surface area contributed by atoms with E-state index < -0.39 is 23.0 Å². The summed E-state index contributed by atoms with van der Waals surface area (Å²) in [4.78, 5) is 16.2. The summed E-state index contributed by atoms with van der Waals surface area (Å²) >= 11 is 0. The van der Waals surface area contributed by atoms with Gasteiger partial charge in [0.15, 0.2) is 17.5 Å². The Labute approximate surface area is 151 Å². The molecule has 0 unspecified atom stereocenters. The zero-order chi connectivity index (χ0) is 19.3. The SMILES string of the molecule is Cc1c(Cc2ccc(F)c(F)c2F)c(=O)n2c([nH]c3ccccc32)c1C#N. The lowest BCUT2D eigenvalue weighted by atomic mass is 9.98. The Morgan fingerprint density at radius 2 is 1.85 bits per heavy atom. The van der Waals surface area contributed by atoms with Gasteiger partial charge in [-0.2, -0.15) is 5.26 Å². The highest BCUT2D eigenvalue weighted by Crippen LogP contribution is 2.24. The first-order valence-electron chi connectivity index (χ1n) is 8.11.